The number of rotatable bonds is 3. The number of anilines is 1. The number of fused-ring (bicyclic) bond motifs is 2. The van der Waals surface area contributed by atoms with Gasteiger partial charge < -0.3 is 19.2 Å². The van der Waals surface area contributed by atoms with Gasteiger partial charge in [0.2, 0.25) is 0 Å². The number of carbonyl (C=O) groups is 2. The van der Waals surface area contributed by atoms with Crippen LogP contribution in [0.15, 0.2) is 42.7 Å². The van der Waals surface area contributed by atoms with Crippen LogP contribution in [0, 0.1) is 6.92 Å². The van der Waals surface area contributed by atoms with Gasteiger partial charge in [0.15, 0.2) is 6.61 Å². The molecule has 0 unspecified atom stereocenters. The first-order valence-electron chi connectivity index (χ1n) is 7.76. The van der Waals surface area contributed by atoms with Crippen LogP contribution >= 0.6 is 0 Å². The van der Waals surface area contributed by atoms with Crippen LogP contribution in [0.3, 0.4) is 0 Å². The number of ether oxygens (including phenoxy) is 2. The molecule has 0 bridgehead atoms. The molecule has 0 atom stereocenters. The molecular weight excluding hydrogens is 322 g/mol. The second-order valence-electron chi connectivity index (χ2n) is 5.83. The topological polar surface area (TPSA) is 81.9 Å². The number of esters is 1. The van der Waals surface area contributed by atoms with Gasteiger partial charge in [-0.05, 0) is 36.8 Å². The van der Waals surface area contributed by atoms with Crippen molar-refractivity contribution < 1.29 is 19.1 Å². The fraction of sp³-hybridized carbons (Fsp3) is 0.167. The van der Waals surface area contributed by atoms with E-state index in [0.717, 1.165) is 11.2 Å². The minimum atomic E-state index is -0.475. The van der Waals surface area contributed by atoms with Gasteiger partial charge in [0.05, 0.1) is 16.9 Å². The Kier molecular flexibility index (Phi) is 3.61. The first kappa shape index (κ1) is 15.2. The highest BCUT2D eigenvalue weighted by molar-refractivity contribution is 5.97. The minimum absolute atomic E-state index is 0.0633. The summed E-state index contributed by atoms with van der Waals surface area (Å²) >= 11 is 0. The third-order valence-corrected chi connectivity index (χ3v) is 3.85. The predicted molar refractivity (Wildman–Crippen MR) is 89.6 cm³/mol. The molecule has 4 rings (SSSR count). The number of hydrogen-bond acceptors (Lipinski definition) is 5. The summed E-state index contributed by atoms with van der Waals surface area (Å²) < 4.78 is 12.5. The van der Waals surface area contributed by atoms with Gasteiger partial charge in [-0.2, -0.15) is 0 Å². The molecule has 25 heavy (non-hydrogen) atoms. The smallest absolute Gasteiger partial charge is 0.338 e. The minimum Gasteiger partial charge on any atom is -0.482 e. The third kappa shape index (κ3) is 3.03. The second-order valence-corrected chi connectivity index (χ2v) is 5.83. The van der Waals surface area contributed by atoms with E-state index in [1.807, 2.05) is 35.9 Å². The molecule has 3 aromatic rings. The molecule has 1 aliphatic heterocycles. The number of aromatic nitrogens is 2. The lowest BCUT2D eigenvalue weighted by Gasteiger charge is -2.18. The summed E-state index contributed by atoms with van der Waals surface area (Å²) in [5.41, 5.74) is 3.49. The first-order valence-corrected chi connectivity index (χ1v) is 7.76. The van der Waals surface area contributed by atoms with Crippen molar-refractivity contribution in [2.45, 2.75) is 13.5 Å². The van der Waals surface area contributed by atoms with E-state index in [1.54, 1.807) is 18.2 Å². The number of aryl methyl sites for hydroxylation is 1. The summed E-state index contributed by atoms with van der Waals surface area (Å²) in [4.78, 5) is 27.9. The normalized spacial score (nSPS) is 13.1. The highest BCUT2D eigenvalue weighted by Crippen LogP contribution is 2.28. The number of pyridine rings is 1. The fourth-order valence-electron chi connectivity index (χ4n) is 2.65. The van der Waals surface area contributed by atoms with E-state index in [0.29, 0.717) is 22.7 Å². The van der Waals surface area contributed by atoms with E-state index < -0.39 is 5.97 Å². The van der Waals surface area contributed by atoms with Crippen LogP contribution in [0.4, 0.5) is 5.69 Å². The number of nitrogens with one attached hydrogen (secondary N) is 1. The number of hydrogen-bond donors (Lipinski definition) is 1. The van der Waals surface area contributed by atoms with Crippen LogP contribution in [0.5, 0.6) is 5.75 Å². The van der Waals surface area contributed by atoms with Crippen molar-refractivity contribution in [3.05, 3.63) is 59.5 Å². The van der Waals surface area contributed by atoms with Crippen LogP contribution in [0.25, 0.3) is 5.65 Å². The van der Waals surface area contributed by atoms with Crippen molar-refractivity contribution in [3.8, 4) is 5.75 Å². The number of amides is 1. The Morgan fingerprint density at radius 1 is 1.32 bits per heavy atom. The average molecular weight is 337 g/mol. The van der Waals surface area contributed by atoms with Gasteiger partial charge in [0, 0.05) is 12.4 Å². The summed E-state index contributed by atoms with van der Waals surface area (Å²) in [6, 6.07) is 8.66. The van der Waals surface area contributed by atoms with Crippen LogP contribution in [0.2, 0.25) is 0 Å². The van der Waals surface area contributed by atoms with Gasteiger partial charge in [-0.1, -0.05) is 6.07 Å². The average Bonchev–Trinajstić information content (AvgIpc) is 3.01. The molecule has 0 saturated heterocycles. The van der Waals surface area contributed by atoms with Gasteiger partial charge in [-0.15, -0.1) is 0 Å². The van der Waals surface area contributed by atoms with Crippen molar-refractivity contribution >= 4 is 23.2 Å². The van der Waals surface area contributed by atoms with E-state index in [-0.39, 0.29) is 19.1 Å². The lowest BCUT2D eigenvalue weighted by atomic mass is 10.1. The second kappa shape index (κ2) is 5.94. The number of nitrogens with zero attached hydrogens (tertiary/aromatic N) is 2. The maximum absolute atomic E-state index is 12.2. The SMILES string of the molecule is Cc1ccc2nc(COC(=O)c3ccc4c(c3)OCC(=O)N4)cn2c1. The number of carbonyl (C=O) groups excluding carboxylic acids is 2. The van der Waals surface area contributed by atoms with Gasteiger partial charge in [0.1, 0.15) is 18.0 Å². The van der Waals surface area contributed by atoms with Crippen molar-refractivity contribution in [1.29, 1.82) is 0 Å². The van der Waals surface area contributed by atoms with E-state index in [4.69, 9.17) is 9.47 Å². The van der Waals surface area contributed by atoms with Crippen molar-refractivity contribution in [2.24, 2.45) is 0 Å². The van der Waals surface area contributed by atoms with Crippen LogP contribution in [-0.2, 0) is 16.1 Å². The van der Waals surface area contributed by atoms with Crippen molar-refractivity contribution in [3.63, 3.8) is 0 Å². The lowest BCUT2D eigenvalue weighted by molar-refractivity contribution is -0.118. The molecule has 3 heterocycles. The third-order valence-electron chi connectivity index (χ3n) is 3.85. The molecule has 1 N–H and O–H groups in total. The molecule has 1 aliphatic rings. The summed E-state index contributed by atoms with van der Waals surface area (Å²) in [6.07, 6.45) is 3.80. The largest absolute Gasteiger partial charge is 0.482 e. The molecule has 0 fully saturated rings. The number of imidazole rings is 1. The first-order chi connectivity index (χ1) is 12.1. The molecule has 0 spiro atoms. The summed E-state index contributed by atoms with van der Waals surface area (Å²) in [7, 11) is 0. The molecule has 0 radical (unpaired) electrons. The molecule has 0 saturated carbocycles. The maximum Gasteiger partial charge on any atom is 0.338 e. The number of benzene rings is 1. The molecule has 7 heteroatoms. The molecule has 1 aromatic carbocycles. The Hall–Kier alpha value is -3.35. The Bertz CT molecular complexity index is 993. The zero-order valence-electron chi connectivity index (χ0n) is 13.5. The maximum atomic E-state index is 12.2. The summed E-state index contributed by atoms with van der Waals surface area (Å²) in [6.45, 7) is 2.01. The summed E-state index contributed by atoms with van der Waals surface area (Å²) in [5.74, 6) is -0.237. The van der Waals surface area contributed by atoms with E-state index in [2.05, 4.69) is 10.3 Å². The standard InChI is InChI=1S/C18H15N3O4/c1-11-2-5-16-19-13(8-21(16)7-11)9-25-18(23)12-3-4-14-15(6-12)24-10-17(22)20-14/h2-8H,9-10H2,1H3,(H,20,22). The van der Waals surface area contributed by atoms with Crippen LogP contribution < -0.4 is 10.1 Å². The van der Waals surface area contributed by atoms with Gasteiger partial charge in [-0.25, -0.2) is 9.78 Å². The Labute approximate surface area is 143 Å². The molecule has 0 aliphatic carbocycles. The fourth-order valence-corrected chi connectivity index (χ4v) is 2.65. The monoisotopic (exact) mass is 337 g/mol. The predicted octanol–water partition coefficient (Wildman–Crippen LogP) is 2.33. The van der Waals surface area contributed by atoms with E-state index in [9.17, 15) is 9.59 Å². The lowest BCUT2D eigenvalue weighted by Crippen LogP contribution is -2.25. The molecule has 7 nitrogen and oxygen atoms in total. The van der Waals surface area contributed by atoms with Crippen LogP contribution in [-0.4, -0.2) is 27.9 Å². The summed E-state index contributed by atoms with van der Waals surface area (Å²) in [5, 5.41) is 2.67. The highest BCUT2D eigenvalue weighted by atomic mass is 16.5. The Balaban J connectivity index is 1.47. The van der Waals surface area contributed by atoms with Crippen molar-refractivity contribution in [1.82, 2.24) is 9.38 Å². The molecule has 126 valence electrons. The quantitative estimate of drug-likeness (QED) is 0.742. The zero-order chi connectivity index (χ0) is 17.4. The van der Waals surface area contributed by atoms with Gasteiger partial charge in [-0.3, -0.25) is 4.79 Å². The van der Waals surface area contributed by atoms with E-state index in [1.165, 1.54) is 0 Å². The molecule has 1 amide bonds. The Morgan fingerprint density at radius 2 is 2.20 bits per heavy atom. The van der Waals surface area contributed by atoms with E-state index >= 15 is 0 Å². The molecule has 2 aromatic heterocycles. The van der Waals surface area contributed by atoms with Gasteiger partial charge >= 0.3 is 5.97 Å². The zero-order valence-corrected chi connectivity index (χ0v) is 13.5. The van der Waals surface area contributed by atoms with Gasteiger partial charge in [0.25, 0.3) is 5.91 Å². The molecular formula is C18H15N3O4. The Morgan fingerprint density at radius 3 is 3.08 bits per heavy atom. The highest BCUT2D eigenvalue weighted by Gasteiger charge is 2.18. The van der Waals surface area contributed by atoms with Crippen LogP contribution in [0.1, 0.15) is 21.6 Å². The van der Waals surface area contributed by atoms with Crippen molar-refractivity contribution in [2.75, 3.05) is 11.9 Å².